The number of oxazole rings is 1. The van der Waals surface area contributed by atoms with Gasteiger partial charge in [-0.05, 0) is 47.9 Å². The van der Waals surface area contributed by atoms with Gasteiger partial charge in [-0.3, -0.25) is 14.9 Å². The van der Waals surface area contributed by atoms with E-state index in [1.165, 1.54) is 23.8 Å². The van der Waals surface area contributed by atoms with Crippen molar-refractivity contribution < 1.29 is 18.9 Å². The Balaban J connectivity index is 1.47. The summed E-state index contributed by atoms with van der Waals surface area (Å²) in [6, 6.07) is 18.9. The van der Waals surface area contributed by atoms with Crippen molar-refractivity contribution in [1.82, 2.24) is 4.98 Å². The molecule has 0 unspecified atom stereocenters. The van der Waals surface area contributed by atoms with E-state index in [1.807, 2.05) is 24.3 Å². The summed E-state index contributed by atoms with van der Waals surface area (Å²) in [7, 11) is 0. The second-order valence-electron chi connectivity index (χ2n) is 7.54. The van der Waals surface area contributed by atoms with Crippen LogP contribution in [0.3, 0.4) is 0 Å². The van der Waals surface area contributed by atoms with Crippen molar-refractivity contribution in [3.8, 4) is 17.2 Å². The van der Waals surface area contributed by atoms with Crippen molar-refractivity contribution >= 4 is 28.4 Å². The Morgan fingerprint density at radius 3 is 2.72 bits per heavy atom. The van der Waals surface area contributed by atoms with E-state index < -0.39 is 10.8 Å². The molecule has 1 heterocycles. The van der Waals surface area contributed by atoms with Gasteiger partial charge < -0.3 is 14.5 Å². The number of nitrogens with one attached hydrogen (secondary N) is 1. The number of nitrogens with zero attached hydrogens (tertiary/aromatic N) is 2. The maximum absolute atomic E-state index is 12.3. The van der Waals surface area contributed by atoms with Crippen LogP contribution in [0.2, 0.25) is 0 Å². The molecule has 0 saturated carbocycles. The molecular formula is C24H21N3O5. The van der Waals surface area contributed by atoms with E-state index in [4.69, 9.17) is 9.15 Å². The van der Waals surface area contributed by atoms with Crippen LogP contribution < -0.4 is 10.1 Å². The van der Waals surface area contributed by atoms with E-state index in [9.17, 15) is 14.9 Å². The lowest BCUT2D eigenvalue weighted by atomic mass is 10.0. The van der Waals surface area contributed by atoms with Gasteiger partial charge in [0, 0.05) is 17.3 Å². The van der Waals surface area contributed by atoms with Crippen LogP contribution in [0, 0.1) is 10.1 Å². The molecule has 1 aromatic heterocycles. The van der Waals surface area contributed by atoms with Crippen molar-refractivity contribution in [3.63, 3.8) is 0 Å². The number of anilines is 1. The Bertz CT molecular complexity index is 1300. The van der Waals surface area contributed by atoms with Gasteiger partial charge >= 0.3 is 5.69 Å². The number of amides is 1. The molecule has 0 radical (unpaired) electrons. The first-order valence-electron chi connectivity index (χ1n) is 10.1. The van der Waals surface area contributed by atoms with E-state index in [1.54, 1.807) is 24.3 Å². The van der Waals surface area contributed by atoms with Gasteiger partial charge in [0.1, 0.15) is 5.52 Å². The lowest BCUT2D eigenvalue weighted by molar-refractivity contribution is -0.385. The molecule has 0 atom stereocenters. The molecule has 0 aliphatic carbocycles. The SMILES string of the molecule is CC(C)c1ccc2oc(-c3cccc(NC(=O)COc4ccccc4[N+](=O)[O-])c3)nc2c1. The molecule has 0 aliphatic heterocycles. The quantitative estimate of drug-likeness (QED) is 0.304. The van der Waals surface area contributed by atoms with E-state index >= 15 is 0 Å². The van der Waals surface area contributed by atoms with Crippen molar-refractivity contribution in [1.29, 1.82) is 0 Å². The predicted octanol–water partition coefficient (Wildman–Crippen LogP) is 5.54. The summed E-state index contributed by atoms with van der Waals surface area (Å²) in [5.74, 6) is 0.430. The topological polar surface area (TPSA) is 108 Å². The van der Waals surface area contributed by atoms with Gasteiger partial charge in [-0.1, -0.05) is 38.1 Å². The van der Waals surface area contributed by atoms with Crippen molar-refractivity contribution in [2.45, 2.75) is 19.8 Å². The molecule has 1 N–H and O–H groups in total. The number of hydrogen-bond acceptors (Lipinski definition) is 6. The number of rotatable bonds is 7. The highest BCUT2D eigenvalue weighted by molar-refractivity contribution is 5.92. The third kappa shape index (κ3) is 4.59. The Hall–Kier alpha value is -4.20. The number of benzene rings is 3. The largest absolute Gasteiger partial charge is 0.477 e. The number of aromatic nitrogens is 1. The summed E-state index contributed by atoms with van der Waals surface area (Å²) in [5.41, 5.74) is 3.69. The first-order valence-corrected chi connectivity index (χ1v) is 10.1. The fourth-order valence-electron chi connectivity index (χ4n) is 3.23. The Labute approximate surface area is 184 Å². The molecule has 4 rings (SSSR count). The zero-order chi connectivity index (χ0) is 22.7. The minimum atomic E-state index is -0.554. The average Bonchev–Trinajstić information content (AvgIpc) is 3.21. The summed E-state index contributed by atoms with van der Waals surface area (Å²) < 4.78 is 11.2. The second kappa shape index (κ2) is 8.89. The first kappa shape index (κ1) is 21.0. The molecule has 32 heavy (non-hydrogen) atoms. The van der Waals surface area contributed by atoms with E-state index in [2.05, 4.69) is 24.1 Å². The summed E-state index contributed by atoms with van der Waals surface area (Å²) in [6.45, 7) is 3.87. The molecule has 0 aliphatic rings. The Morgan fingerprint density at radius 2 is 1.94 bits per heavy atom. The maximum Gasteiger partial charge on any atom is 0.310 e. The molecule has 0 bridgehead atoms. The van der Waals surface area contributed by atoms with Gasteiger partial charge in [-0.2, -0.15) is 0 Å². The van der Waals surface area contributed by atoms with Gasteiger partial charge in [0.05, 0.1) is 4.92 Å². The Kier molecular flexibility index (Phi) is 5.85. The van der Waals surface area contributed by atoms with Crippen LogP contribution in [0.1, 0.15) is 25.3 Å². The number of carbonyl (C=O) groups is 1. The van der Waals surface area contributed by atoms with Crippen molar-refractivity contribution in [2.75, 3.05) is 11.9 Å². The fraction of sp³-hybridized carbons (Fsp3) is 0.167. The van der Waals surface area contributed by atoms with Crippen LogP contribution in [0.4, 0.5) is 11.4 Å². The minimum absolute atomic E-state index is 0.0358. The third-order valence-electron chi connectivity index (χ3n) is 4.89. The molecule has 0 saturated heterocycles. The first-order chi connectivity index (χ1) is 15.4. The van der Waals surface area contributed by atoms with Crippen LogP contribution in [-0.2, 0) is 4.79 Å². The molecule has 8 nitrogen and oxygen atoms in total. The number of carbonyl (C=O) groups excluding carboxylic acids is 1. The number of ether oxygens (including phenoxy) is 1. The van der Waals surface area contributed by atoms with E-state index in [0.717, 1.165) is 5.52 Å². The van der Waals surface area contributed by atoms with Gasteiger partial charge in [0.2, 0.25) is 5.89 Å². The highest BCUT2D eigenvalue weighted by atomic mass is 16.6. The molecule has 0 fully saturated rings. The van der Waals surface area contributed by atoms with Gasteiger partial charge in [-0.15, -0.1) is 0 Å². The van der Waals surface area contributed by atoms with Gasteiger partial charge in [0.25, 0.3) is 5.91 Å². The third-order valence-corrected chi connectivity index (χ3v) is 4.89. The summed E-state index contributed by atoms with van der Waals surface area (Å²) in [6.07, 6.45) is 0. The van der Waals surface area contributed by atoms with Crippen LogP contribution >= 0.6 is 0 Å². The lowest BCUT2D eigenvalue weighted by Gasteiger charge is -2.08. The summed E-state index contributed by atoms with van der Waals surface area (Å²) in [4.78, 5) is 27.4. The molecule has 1 amide bonds. The van der Waals surface area contributed by atoms with Gasteiger partial charge in [-0.25, -0.2) is 4.98 Å². The highest BCUT2D eigenvalue weighted by Crippen LogP contribution is 2.29. The number of nitro groups is 1. The summed E-state index contributed by atoms with van der Waals surface area (Å²) in [5, 5.41) is 13.8. The fourth-order valence-corrected chi connectivity index (χ4v) is 3.23. The molecule has 8 heteroatoms. The number of hydrogen-bond donors (Lipinski definition) is 1. The average molecular weight is 431 g/mol. The standard InChI is InChI=1S/C24H21N3O5/c1-15(2)16-10-11-21-19(13-16)26-24(32-21)17-6-5-7-18(12-17)25-23(28)14-31-22-9-4-3-8-20(22)27(29)30/h3-13,15H,14H2,1-2H3,(H,25,28). The number of nitro benzene ring substituents is 1. The normalized spacial score (nSPS) is 11.0. The monoisotopic (exact) mass is 431 g/mol. The molecule has 162 valence electrons. The zero-order valence-electron chi connectivity index (χ0n) is 17.6. The zero-order valence-corrected chi connectivity index (χ0v) is 17.6. The highest BCUT2D eigenvalue weighted by Gasteiger charge is 2.15. The molecule has 0 spiro atoms. The van der Waals surface area contributed by atoms with Crippen LogP contribution in [0.25, 0.3) is 22.6 Å². The smallest absolute Gasteiger partial charge is 0.310 e. The second-order valence-corrected chi connectivity index (χ2v) is 7.54. The molecule has 3 aromatic carbocycles. The lowest BCUT2D eigenvalue weighted by Crippen LogP contribution is -2.20. The molecule has 4 aromatic rings. The van der Waals surface area contributed by atoms with E-state index in [-0.39, 0.29) is 18.0 Å². The van der Waals surface area contributed by atoms with Gasteiger partial charge in [0.15, 0.2) is 17.9 Å². The van der Waals surface area contributed by atoms with Crippen molar-refractivity contribution in [2.24, 2.45) is 0 Å². The van der Waals surface area contributed by atoms with E-state index in [0.29, 0.717) is 28.6 Å². The number of fused-ring (bicyclic) bond motifs is 1. The Morgan fingerprint density at radius 1 is 1.12 bits per heavy atom. The van der Waals surface area contributed by atoms with Crippen LogP contribution in [-0.4, -0.2) is 22.4 Å². The van der Waals surface area contributed by atoms with Crippen LogP contribution in [0.5, 0.6) is 5.75 Å². The minimum Gasteiger partial charge on any atom is -0.477 e. The maximum atomic E-state index is 12.3. The molecular weight excluding hydrogens is 410 g/mol. The summed E-state index contributed by atoms with van der Waals surface area (Å²) >= 11 is 0. The van der Waals surface area contributed by atoms with Crippen LogP contribution in [0.15, 0.2) is 71.1 Å². The number of para-hydroxylation sites is 2. The predicted molar refractivity (Wildman–Crippen MR) is 121 cm³/mol. The van der Waals surface area contributed by atoms with Crippen molar-refractivity contribution in [3.05, 3.63) is 82.4 Å².